The van der Waals surface area contributed by atoms with E-state index in [4.69, 9.17) is 5.73 Å². The van der Waals surface area contributed by atoms with E-state index in [2.05, 4.69) is 30.0 Å². The standard InChI is InChI=1S/C11H19N3/c1-14(2)11(7-5-8-12)10-6-3-4-9-13-10/h3-4,6,9,11H,5,7-8,12H2,1-2H3. The molecule has 3 nitrogen and oxygen atoms in total. The summed E-state index contributed by atoms with van der Waals surface area (Å²) in [6, 6.07) is 6.43. The molecule has 1 atom stereocenters. The van der Waals surface area contributed by atoms with E-state index in [1.807, 2.05) is 18.3 Å². The fraction of sp³-hybridized carbons (Fsp3) is 0.545. The van der Waals surface area contributed by atoms with Crippen LogP contribution in [0.2, 0.25) is 0 Å². The summed E-state index contributed by atoms with van der Waals surface area (Å²) in [5.41, 5.74) is 6.65. The van der Waals surface area contributed by atoms with Gasteiger partial charge in [-0.15, -0.1) is 0 Å². The van der Waals surface area contributed by atoms with Crippen LogP contribution in [0.25, 0.3) is 0 Å². The van der Waals surface area contributed by atoms with Crippen molar-refractivity contribution in [2.24, 2.45) is 5.73 Å². The zero-order valence-corrected chi connectivity index (χ0v) is 8.98. The predicted octanol–water partition coefficient (Wildman–Crippen LogP) is 1.42. The van der Waals surface area contributed by atoms with Crippen LogP contribution in [-0.2, 0) is 0 Å². The Morgan fingerprint density at radius 1 is 1.43 bits per heavy atom. The molecular formula is C11H19N3. The van der Waals surface area contributed by atoms with Crippen molar-refractivity contribution in [1.29, 1.82) is 0 Å². The highest BCUT2D eigenvalue weighted by atomic mass is 15.1. The van der Waals surface area contributed by atoms with E-state index < -0.39 is 0 Å². The van der Waals surface area contributed by atoms with Crippen LogP contribution < -0.4 is 5.73 Å². The Hall–Kier alpha value is -0.930. The minimum absolute atomic E-state index is 0.389. The second kappa shape index (κ2) is 5.73. The second-order valence-corrected chi connectivity index (χ2v) is 3.66. The third kappa shape index (κ3) is 3.09. The molecule has 1 aromatic heterocycles. The fourth-order valence-electron chi connectivity index (χ4n) is 1.55. The van der Waals surface area contributed by atoms with Gasteiger partial charge in [0.05, 0.1) is 11.7 Å². The normalized spacial score (nSPS) is 13.1. The third-order valence-electron chi connectivity index (χ3n) is 2.33. The highest BCUT2D eigenvalue weighted by Crippen LogP contribution is 2.20. The van der Waals surface area contributed by atoms with Gasteiger partial charge in [0, 0.05) is 6.20 Å². The van der Waals surface area contributed by atoms with Gasteiger partial charge < -0.3 is 10.6 Å². The van der Waals surface area contributed by atoms with Gasteiger partial charge in [-0.3, -0.25) is 4.98 Å². The summed E-state index contributed by atoms with van der Waals surface area (Å²) in [4.78, 5) is 6.56. The van der Waals surface area contributed by atoms with Gasteiger partial charge >= 0.3 is 0 Å². The van der Waals surface area contributed by atoms with Gasteiger partial charge in [0.1, 0.15) is 0 Å². The first-order chi connectivity index (χ1) is 6.75. The van der Waals surface area contributed by atoms with Crippen molar-refractivity contribution < 1.29 is 0 Å². The smallest absolute Gasteiger partial charge is 0.0575 e. The number of aromatic nitrogens is 1. The number of nitrogens with zero attached hydrogens (tertiary/aromatic N) is 2. The first-order valence-electron chi connectivity index (χ1n) is 5.03. The number of nitrogens with two attached hydrogens (primary N) is 1. The SMILES string of the molecule is CN(C)C(CCCN)c1ccccn1. The lowest BCUT2D eigenvalue weighted by Crippen LogP contribution is -2.21. The number of hydrogen-bond acceptors (Lipinski definition) is 3. The Balaban J connectivity index is 2.68. The van der Waals surface area contributed by atoms with Gasteiger partial charge in [-0.1, -0.05) is 6.07 Å². The molecule has 0 fully saturated rings. The summed E-state index contributed by atoms with van der Waals surface area (Å²) < 4.78 is 0. The first kappa shape index (κ1) is 11.1. The van der Waals surface area contributed by atoms with Crippen LogP contribution in [-0.4, -0.2) is 30.5 Å². The van der Waals surface area contributed by atoms with E-state index in [0.29, 0.717) is 6.04 Å². The van der Waals surface area contributed by atoms with Gasteiger partial charge in [-0.05, 0) is 45.6 Å². The van der Waals surface area contributed by atoms with Crippen molar-refractivity contribution in [1.82, 2.24) is 9.88 Å². The Morgan fingerprint density at radius 3 is 2.71 bits per heavy atom. The zero-order chi connectivity index (χ0) is 10.4. The van der Waals surface area contributed by atoms with Gasteiger partial charge in [0.25, 0.3) is 0 Å². The maximum atomic E-state index is 5.52. The van der Waals surface area contributed by atoms with E-state index in [1.165, 1.54) is 0 Å². The monoisotopic (exact) mass is 193 g/mol. The van der Waals surface area contributed by atoms with Crippen LogP contribution in [0.15, 0.2) is 24.4 Å². The van der Waals surface area contributed by atoms with Crippen molar-refractivity contribution in [2.75, 3.05) is 20.6 Å². The van der Waals surface area contributed by atoms with Crippen molar-refractivity contribution in [3.05, 3.63) is 30.1 Å². The van der Waals surface area contributed by atoms with Gasteiger partial charge in [0.2, 0.25) is 0 Å². The van der Waals surface area contributed by atoms with Gasteiger partial charge in [-0.25, -0.2) is 0 Å². The minimum atomic E-state index is 0.389. The molecule has 0 bridgehead atoms. The lowest BCUT2D eigenvalue weighted by atomic mass is 10.1. The highest BCUT2D eigenvalue weighted by molar-refractivity contribution is 5.08. The predicted molar refractivity (Wildman–Crippen MR) is 59.0 cm³/mol. The van der Waals surface area contributed by atoms with Crippen molar-refractivity contribution in [2.45, 2.75) is 18.9 Å². The first-order valence-corrected chi connectivity index (χ1v) is 5.03. The molecule has 0 aliphatic heterocycles. The zero-order valence-electron chi connectivity index (χ0n) is 8.98. The van der Waals surface area contributed by atoms with Crippen molar-refractivity contribution in [3.8, 4) is 0 Å². The molecule has 0 aliphatic carbocycles. The Morgan fingerprint density at radius 2 is 2.21 bits per heavy atom. The van der Waals surface area contributed by atoms with E-state index in [1.54, 1.807) is 0 Å². The van der Waals surface area contributed by atoms with Crippen LogP contribution >= 0.6 is 0 Å². The van der Waals surface area contributed by atoms with E-state index >= 15 is 0 Å². The number of hydrogen-bond donors (Lipinski definition) is 1. The molecule has 2 N–H and O–H groups in total. The van der Waals surface area contributed by atoms with Crippen LogP contribution in [0.3, 0.4) is 0 Å². The van der Waals surface area contributed by atoms with Gasteiger partial charge in [0.15, 0.2) is 0 Å². The maximum absolute atomic E-state index is 5.52. The van der Waals surface area contributed by atoms with Crippen LogP contribution in [0.5, 0.6) is 0 Å². The number of rotatable bonds is 5. The summed E-state index contributed by atoms with van der Waals surface area (Å²) in [5, 5.41) is 0. The Kier molecular flexibility index (Phi) is 4.56. The molecule has 0 saturated carbocycles. The van der Waals surface area contributed by atoms with Crippen molar-refractivity contribution >= 4 is 0 Å². The minimum Gasteiger partial charge on any atom is -0.330 e. The molecule has 14 heavy (non-hydrogen) atoms. The molecular weight excluding hydrogens is 174 g/mol. The van der Waals surface area contributed by atoms with Crippen LogP contribution in [0.1, 0.15) is 24.6 Å². The molecule has 78 valence electrons. The maximum Gasteiger partial charge on any atom is 0.0575 e. The molecule has 0 radical (unpaired) electrons. The topological polar surface area (TPSA) is 42.1 Å². The average molecular weight is 193 g/mol. The average Bonchev–Trinajstić information content (AvgIpc) is 2.19. The molecule has 0 amide bonds. The summed E-state index contributed by atoms with van der Waals surface area (Å²) in [7, 11) is 4.16. The molecule has 0 aromatic carbocycles. The molecule has 0 aliphatic rings. The summed E-state index contributed by atoms with van der Waals surface area (Å²) >= 11 is 0. The Labute approximate surface area is 85.9 Å². The highest BCUT2D eigenvalue weighted by Gasteiger charge is 2.13. The molecule has 1 heterocycles. The lowest BCUT2D eigenvalue weighted by Gasteiger charge is -2.23. The van der Waals surface area contributed by atoms with Crippen LogP contribution in [0.4, 0.5) is 0 Å². The largest absolute Gasteiger partial charge is 0.330 e. The summed E-state index contributed by atoms with van der Waals surface area (Å²) in [6.07, 6.45) is 3.95. The van der Waals surface area contributed by atoms with Gasteiger partial charge in [-0.2, -0.15) is 0 Å². The molecule has 3 heteroatoms. The summed E-state index contributed by atoms with van der Waals surface area (Å²) in [6.45, 7) is 0.747. The quantitative estimate of drug-likeness (QED) is 0.769. The van der Waals surface area contributed by atoms with E-state index in [0.717, 1.165) is 25.1 Å². The molecule has 1 rings (SSSR count). The third-order valence-corrected chi connectivity index (χ3v) is 2.33. The molecule has 0 spiro atoms. The molecule has 0 saturated heterocycles. The summed E-state index contributed by atoms with van der Waals surface area (Å²) in [5.74, 6) is 0. The van der Waals surface area contributed by atoms with E-state index in [9.17, 15) is 0 Å². The lowest BCUT2D eigenvalue weighted by molar-refractivity contribution is 0.275. The molecule has 1 unspecified atom stereocenters. The van der Waals surface area contributed by atoms with Crippen LogP contribution in [0, 0.1) is 0 Å². The van der Waals surface area contributed by atoms with E-state index in [-0.39, 0.29) is 0 Å². The second-order valence-electron chi connectivity index (χ2n) is 3.66. The number of pyridine rings is 1. The van der Waals surface area contributed by atoms with Crippen molar-refractivity contribution in [3.63, 3.8) is 0 Å². The molecule has 1 aromatic rings. The Bertz CT molecular complexity index is 246. The fourth-order valence-corrected chi connectivity index (χ4v) is 1.55.